The van der Waals surface area contributed by atoms with Gasteiger partial charge in [-0.2, -0.15) is 0 Å². The van der Waals surface area contributed by atoms with E-state index in [4.69, 9.17) is 4.74 Å². The van der Waals surface area contributed by atoms with Crippen LogP contribution in [0.15, 0.2) is 41.3 Å². The highest BCUT2D eigenvalue weighted by Gasteiger charge is 2.35. The van der Waals surface area contributed by atoms with Gasteiger partial charge in [-0.05, 0) is 56.4 Å². The number of ether oxygens (including phenoxy) is 1. The van der Waals surface area contributed by atoms with Gasteiger partial charge in [0.25, 0.3) is 11.5 Å². The molecule has 1 aliphatic carbocycles. The lowest BCUT2D eigenvalue weighted by atomic mass is 9.92. The third kappa shape index (κ3) is 3.92. The van der Waals surface area contributed by atoms with E-state index >= 15 is 0 Å². The zero-order valence-corrected chi connectivity index (χ0v) is 16.4. The molecule has 0 unspecified atom stereocenters. The number of benzene rings is 1. The van der Waals surface area contributed by atoms with Crippen LogP contribution >= 0.6 is 0 Å². The molecule has 29 heavy (non-hydrogen) atoms. The number of hydrogen-bond donors (Lipinski definition) is 1. The number of rotatable bonds is 4. The number of carbonyl (C=O) groups excluding carboxylic acids is 1. The first-order chi connectivity index (χ1) is 13.9. The van der Waals surface area contributed by atoms with E-state index < -0.39 is 5.82 Å². The van der Waals surface area contributed by atoms with Crippen LogP contribution in [0.4, 0.5) is 4.39 Å². The molecule has 1 amide bonds. The van der Waals surface area contributed by atoms with Crippen molar-refractivity contribution in [3.63, 3.8) is 0 Å². The Morgan fingerprint density at radius 2 is 1.83 bits per heavy atom. The van der Waals surface area contributed by atoms with E-state index in [1.54, 1.807) is 46.9 Å². The van der Waals surface area contributed by atoms with Gasteiger partial charge in [0.2, 0.25) is 0 Å². The summed E-state index contributed by atoms with van der Waals surface area (Å²) in [5, 5.41) is 9.71. The van der Waals surface area contributed by atoms with Crippen molar-refractivity contribution in [1.29, 1.82) is 0 Å². The number of likely N-dealkylation sites (tertiary alicyclic amines) is 1. The van der Waals surface area contributed by atoms with Crippen LogP contribution in [0.2, 0.25) is 0 Å². The van der Waals surface area contributed by atoms with Gasteiger partial charge in [0, 0.05) is 12.2 Å². The summed E-state index contributed by atoms with van der Waals surface area (Å²) in [6, 6.07) is 7.98. The molecule has 2 aliphatic rings. The number of pyridine rings is 1. The molecule has 1 aliphatic heterocycles. The third-order valence-corrected chi connectivity index (χ3v) is 5.87. The Labute approximate surface area is 168 Å². The highest BCUT2D eigenvalue weighted by molar-refractivity contribution is 5.95. The minimum Gasteiger partial charge on any atom is -0.484 e. The Kier molecular flexibility index (Phi) is 5.41. The third-order valence-electron chi connectivity index (χ3n) is 5.87. The van der Waals surface area contributed by atoms with E-state index in [1.807, 2.05) is 0 Å². The molecule has 1 N–H and O–H groups in total. The van der Waals surface area contributed by atoms with Gasteiger partial charge in [-0.3, -0.25) is 9.59 Å². The summed E-state index contributed by atoms with van der Waals surface area (Å²) in [4.78, 5) is 27.6. The molecule has 2 fully saturated rings. The predicted octanol–water partition coefficient (Wildman–Crippen LogP) is 2.68. The smallest absolute Gasteiger partial charge is 0.263 e. The molecule has 6 nitrogen and oxygen atoms in total. The number of aryl methyl sites for hydroxylation is 1. The zero-order chi connectivity index (χ0) is 20.5. The van der Waals surface area contributed by atoms with Gasteiger partial charge in [-0.15, -0.1) is 0 Å². The molecule has 2 aromatic rings. The van der Waals surface area contributed by atoms with E-state index in [9.17, 15) is 19.1 Å². The lowest BCUT2D eigenvalue weighted by Crippen LogP contribution is -2.57. The van der Waals surface area contributed by atoms with Gasteiger partial charge < -0.3 is 19.3 Å². The van der Waals surface area contributed by atoms with Crippen LogP contribution in [-0.4, -0.2) is 45.8 Å². The van der Waals surface area contributed by atoms with Gasteiger partial charge in [0.05, 0.1) is 19.2 Å². The molecule has 0 atom stereocenters. The molecule has 0 radical (unpaired) electrons. The van der Waals surface area contributed by atoms with Crippen LogP contribution in [0.1, 0.15) is 47.6 Å². The molecule has 1 saturated heterocycles. The van der Waals surface area contributed by atoms with Gasteiger partial charge in [-0.1, -0.05) is 12.1 Å². The van der Waals surface area contributed by atoms with E-state index in [0.717, 1.165) is 12.8 Å². The molecule has 7 heteroatoms. The fourth-order valence-corrected chi connectivity index (χ4v) is 4.08. The minimum atomic E-state index is -0.434. The van der Waals surface area contributed by atoms with Gasteiger partial charge >= 0.3 is 0 Å². The first-order valence-electron chi connectivity index (χ1n) is 10.0. The topological polar surface area (TPSA) is 71.8 Å². The fraction of sp³-hybridized carbons (Fsp3) is 0.455. The second-order valence-corrected chi connectivity index (χ2v) is 7.93. The summed E-state index contributed by atoms with van der Waals surface area (Å²) < 4.78 is 21.0. The summed E-state index contributed by atoms with van der Waals surface area (Å²) >= 11 is 0. The van der Waals surface area contributed by atoms with Crippen LogP contribution in [-0.2, 0) is 0 Å². The Hall–Kier alpha value is -2.67. The average molecular weight is 400 g/mol. The van der Waals surface area contributed by atoms with Crippen LogP contribution in [0.3, 0.4) is 0 Å². The summed E-state index contributed by atoms with van der Waals surface area (Å²) in [7, 11) is 0. The first-order valence-corrected chi connectivity index (χ1v) is 10.0. The Bertz CT molecular complexity index is 960. The quantitative estimate of drug-likeness (QED) is 0.857. The van der Waals surface area contributed by atoms with Crippen molar-refractivity contribution >= 4 is 5.91 Å². The molecule has 0 spiro atoms. The summed E-state index contributed by atoms with van der Waals surface area (Å²) in [6.07, 6.45) is 3.92. The maximum absolute atomic E-state index is 13.7. The lowest BCUT2D eigenvalue weighted by molar-refractivity contribution is 0.0161. The summed E-state index contributed by atoms with van der Waals surface area (Å²) in [5.41, 5.74) is 0.545. The van der Waals surface area contributed by atoms with E-state index in [2.05, 4.69) is 0 Å². The Morgan fingerprint density at radius 1 is 1.14 bits per heavy atom. The maximum Gasteiger partial charge on any atom is 0.263 e. The van der Waals surface area contributed by atoms with E-state index in [-0.39, 0.29) is 41.0 Å². The number of aromatic nitrogens is 1. The normalized spacial score (nSPS) is 22.2. The van der Waals surface area contributed by atoms with E-state index in [1.165, 1.54) is 6.07 Å². The largest absolute Gasteiger partial charge is 0.484 e. The second-order valence-electron chi connectivity index (χ2n) is 7.93. The van der Waals surface area contributed by atoms with Crippen LogP contribution in [0, 0.1) is 12.7 Å². The first kappa shape index (κ1) is 19.6. The standard InChI is InChI=1S/C22H25FN2O4/c1-14-10-11-25(15-6-8-16(26)9-7-15)22(28)20(14)21(27)24-12-17(13-24)29-19-5-3-2-4-18(19)23/h2-5,10-11,15-17,26H,6-9,12-13H2,1H3. The lowest BCUT2D eigenvalue weighted by Gasteiger charge is -2.39. The molecule has 154 valence electrons. The molecule has 4 rings (SSSR count). The second kappa shape index (κ2) is 7.99. The Balaban J connectivity index is 1.46. The molecule has 1 aromatic heterocycles. The average Bonchev–Trinajstić information content (AvgIpc) is 2.66. The number of halogens is 1. The molecular weight excluding hydrogens is 375 g/mol. The van der Waals surface area contributed by atoms with E-state index in [0.29, 0.717) is 31.5 Å². The number of hydrogen-bond acceptors (Lipinski definition) is 4. The van der Waals surface area contributed by atoms with Crippen molar-refractivity contribution in [3.05, 3.63) is 63.8 Å². The van der Waals surface area contributed by atoms with Gasteiger partial charge in [0.1, 0.15) is 11.7 Å². The molecular formula is C22H25FN2O4. The SMILES string of the molecule is Cc1ccn(C2CCC(O)CC2)c(=O)c1C(=O)N1CC(Oc2ccccc2F)C1. The number of amides is 1. The summed E-state index contributed by atoms with van der Waals surface area (Å²) in [5.74, 6) is -0.579. The van der Waals surface area contributed by atoms with Crippen LogP contribution in [0.25, 0.3) is 0 Å². The van der Waals surface area contributed by atoms with Crippen molar-refractivity contribution in [2.75, 3.05) is 13.1 Å². The fourth-order valence-electron chi connectivity index (χ4n) is 4.08. The Morgan fingerprint density at radius 3 is 2.52 bits per heavy atom. The monoisotopic (exact) mass is 400 g/mol. The number of nitrogens with zero attached hydrogens (tertiary/aromatic N) is 2. The van der Waals surface area contributed by atoms with Crippen molar-refractivity contribution < 1.29 is 19.0 Å². The molecule has 0 bridgehead atoms. The number of para-hydroxylation sites is 1. The number of aliphatic hydroxyl groups excluding tert-OH is 1. The predicted molar refractivity (Wildman–Crippen MR) is 106 cm³/mol. The highest BCUT2D eigenvalue weighted by atomic mass is 19.1. The zero-order valence-electron chi connectivity index (χ0n) is 16.4. The number of aliphatic hydroxyl groups is 1. The summed E-state index contributed by atoms with van der Waals surface area (Å²) in [6.45, 7) is 2.39. The highest BCUT2D eigenvalue weighted by Crippen LogP contribution is 2.28. The van der Waals surface area contributed by atoms with Crippen LogP contribution < -0.4 is 10.3 Å². The van der Waals surface area contributed by atoms with Gasteiger partial charge in [0.15, 0.2) is 11.6 Å². The maximum atomic E-state index is 13.7. The van der Waals surface area contributed by atoms with Gasteiger partial charge in [-0.25, -0.2) is 4.39 Å². The molecule has 1 saturated carbocycles. The minimum absolute atomic E-state index is 0.00609. The van der Waals surface area contributed by atoms with Crippen LogP contribution in [0.5, 0.6) is 5.75 Å². The van der Waals surface area contributed by atoms with Crippen molar-refractivity contribution in [2.45, 2.75) is 50.9 Å². The molecule has 2 heterocycles. The molecule has 1 aromatic carbocycles. The number of carbonyl (C=O) groups is 1. The van der Waals surface area contributed by atoms with Crippen molar-refractivity contribution in [2.24, 2.45) is 0 Å². The van der Waals surface area contributed by atoms with Crippen molar-refractivity contribution in [3.8, 4) is 5.75 Å². The van der Waals surface area contributed by atoms with Crippen molar-refractivity contribution in [1.82, 2.24) is 9.47 Å².